The first-order valence-electron chi connectivity index (χ1n) is 6.54. The first-order chi connectivity index (χ1) is 8.60. The lowest BCUT2D eigenvalue weighted by Crippen LogP contribution is -2.36. The number of carbonyl (C=O) groups is 1. The zero-order valence-electron chi connectivity index (χ0n) is 11.7. The normalized spacial score (nSPS) is 14.3. The smallest absolute Gasteiger partial charge is 0.306 e. The van der Waals surface area contributed by atoms with Gasteiger partial charge in [-0.25, -0.2) is 0 Å². The molecule has 0 heterocycles. The van der Waals surface area contributed by atoms with Crippen molar-refractivity contribution in [1.82, 2.24) is 4.90 Å². The van der Waals surface area contributed by atoms with Gasteiger partial charge in [-0.3, -0.25) is 9.69 Å². The van der Waals surface area contributed by atoms with E-state index in [4.69, 9.17) is 4.74 Å². The van der Waals surface area contributed by atoms with Gasteiger partial charge in [-0.1, -0.05) is 44.2 Å². The van der Waals surface area contributed by atoms with E-state index in [0.29, 0.717) is 6.42 Å². The summed E-state index contributed by atoms with van der Waals surface area (Å²) in [5.41, 5.74) is 1.05. The molecule has 2 unspecified atom stereocenters. The van der Waals surface area contributed by atoms with Crippen molar-refractivity contribution in [3.63, 3.8) is 0 Å². The van der Waals surface area contributed by atoms with E-state index in [1.807, 2.05) is 44.3 Å². The highest BCUT2D eigenvalue weighted by Gasteiger charge is 2.25. The summed E-state index contributed by atoms with van der Waals surface area (Å²) in [6, 6.07) is 10.1. The molecule has 0 radical (unpaired) electrons. The highest BCUT2D eigenvalue weighted by atomic mass is 16.5. The van der Waals surface area contributed by atoms with E-state index in [0.717, 1.165) is 12.1 Å². The fraction of sp³-hybridized carbons (Fsp3) is 0.533. The minimum atomic E-state index is -0.205. The average molecular weight is 249 g/mol. The van der Waals surface area contributed by atoms with Gasteiger partial charge in [0.15, 0.2) is 0 Å². The van der Waals surface area contributed by atoms with E-state index < -0.39 is 0 Å². The van der Waals surface area contributed by atoms with Gasteiger partial charge in [0.2, 0.25) is 0 Å². The SMILES string of the molecule is CCC(=O)OC(c1ccccc1)C(C)N(C)CC. The van der Waals surface area contributed by atoms with Crippen LogP contribution in [-0.2, 0) is 9.53 Å². The van der Waals surface area contributed by atoms with Crippen LogP contribution in [0.1, 0.15) is 38.9 Å². The molecule has 100 valence electrons. The van der Waals surface area contributed by atoms with Crippen molar-refractivity contribution >= 4 is 5.97 Å². The summed E-state index contributed by atoms with van der Waals surface area (Å²) in [6.07, 6.45) is 0.204. The van der Waals surface area contributed by atoms with Crippen molar-refractivity contribution in [2.45, 2.75) is 39.3 Å². The average Bonchev–Trinajstić information content (AvgIpc) is 2.43. The first kappa shape index (κ1) is 14.7. The van der Waals surface area contributed by atoms with E-state index in [1.54, 1.807) is 0 Å². The van der Waals surface area contributed by atoms with Crippen molar-refractivity contribution in [2.75, 3.05) is 13.6 Å². The molecular weight excluding hydrogens is 226 g/mol. The van der Waals surface area contributed by atoms with Gasteiger partial charge in [0.1, 0.15) is 6.10 Å². The predicted molar refractivity (Wildman–Crippen MR) is 73.3 cm³/mol. The Balaban J connectivity index is 2.91. The summed E-state index contributed by atoms with van der Waals surface area (Å²) >= 11 is 0. The van der Waals surface area contributed by atoms with Crippen molar-refractivity contribution in [2.24, 2.45) is 0 Å². The Morgan fingerprint density at radius 3 is 2.39 bits per heavy atom. The van der Waals surface area contributed by atoms with E-state index in [-0.39, 0.29) is 18.1 Å². The second-order valence-electron chi connectivity index (χ2n) is 4.49. The van der Waals surface area contributed by atoms with Gasteiger partial charge >= 0.3 is 5.97 Å². The zero-order valence-corrected chi connectivity index (χ0v) is 11.7. The zero-order chi connectivity index (χ0) is 13.5. The van der Waals surface area contributed by atoms with Crippen LogP contribution >= 0.6 is 0 Å². The third-order valence-electron chi connectivity index (χ3n) is 3.31. The van der Waals surface area contributed by atoms with Gasteiger partial charge in [0.25, 0.3) is 0 Å². The maximum Gasteiger partial charge on any atom is 0.306 e. The predicted octanol–water partition coefficient (Wildman–Crippen LogP) is 3.02. The molecule has 1 aromatic carbocycles. The lowest BCUT2D eigenvalue weighted by atomic mass is 10.0. The summed E-state index contributed by atoms with van der Waals surface area (Å²) in [5.74, 6) is -0.153. The summed E-state index contributed by atoms with van der Waals surface area (Å²) in [7, 11) is 2.04. The lowest BCUT2D eigenvalue weighted by molar-refractivity contribution is -0.152. The summed E-state index contributed by atoms with van der Waals surface area (Å²) in [6.45, 7) is 6.93. The number of carbonyl (C=O) groups excluding carboxylic acids is 1. The Morgan fingerprint density at radius 2 is 1.89 bits per heavy atom. The third-order valence-corrected chi connectivity index (χ3v) is 3.31. The molecule has 0 aliphatic heterocycles. The number of nitrogens with zero attached hydrogens (tertiary/aromatic N) is 1. The lowest BCUT2D eigenvalue weighted by Gasteiger charge is -2.31. The summed E-state index contributed by atoms with van der Waals surface area (Å²) in [4.78, 5) is 13.8. The minimum absolute atomic E-state index is 0.153. The van der Waals surface area contributed by atoms with Gasteiger partial charge in [-0.2, -0.15) is 0 Å². The topological polar surface area (TPSA) is 29.5 Å². The second kappa shape index (κ2) is 7.17. The molecule has 3 heteroatoms. The Hall–Kier alpha value is -1.35. The Labute approximate surface area is 110 Å². The summed E-state index contributed by atoms with van der Waals surface area (Å²) in [5, 5.41) is 0. The first-order valence-corrected chi connectivity index (χ1v) is 6.54. The molecule has 0 spiro atoms. The van der Waals surface area contributed by atoms with Gasteiger partial charge in [-0.15, -0.1) is 0 Å². The number of rotatable bonds is 6. The maximum atomic E-state index is 11.6. The molecule has 1 aromatic rings. The van der Waals surface area contributed by atoms with Crippen LogP contribution in [0, 0.1) is 0 Å². The maximum absolute atomic E-state index is 11.6. The molecule has 0 saturated heterocycles. The van der Waals surface area contributed by atoms with Crippen molar-refractivity contribution in [1.29, 1.82) is 0 Å². The molecule has 0 fully saturated rings. The van der Waals surface area contributed by atoms with Gasteiger partial charge < -0.3 is 4.74 Å². The van der Waals surface area contributed by atoms with Crippen LogP contribution < -0.4 is 0 Å². The number of benzene rings is 1. The molecule has 0 amide bonds. The van der Waals surface area contributed by atoms with Crippen LogP contribution in [0.25, 0.3) is 0 Å². The second-order valence-corrected chi connectivity index (χ2v) is 4.49. The van der Waals surface area contributed by atoms with Crippen LogP contribution in [0.4, 0.5) is 0 Å². The van der Waals surface area contributed by atoms with Crippen molar-refractivity contribution in [3.8, 4) is 0 Å². The Kier molecular flexibility index (Phi) is 5.86. The highest BCUT2D eigenvalue weighted by Crippen LogP contribution is 2.24. The molecule has 0 aliphatic carbocycles. The Morgan fingerprint density at radius 1 is 1.28 bits per heavy atom. The number of ether oxygens (including phenoxy) is 1. The fourth-order valence-electron chi connectivity index (χ4n) is 1.83. The third kappa shape index (κ3) is 3.84. The molecule has 3 nitrogen and oxygen atoms in total. The van der Waals surface area contributed by atoms with E-state index >= 15 is 0 Å². The van der Waals surface area contributed by atoms with E-state index in [1.165, 1.54) is 0 Å². The van der Waals surface area contributed by atoms with Crippen molar-refractivity contribution < 1.29 is 9.53 Å². The summed E-state index contributed by atoms with van der Waals surface area (Å²) < 4.78 is 5.59. The molecule has 0 aromatic heterocycles. The molecule has 0 saturated carbocycles. The van der Waals surface area contributed by atoms with Gasteiger partial charge in [0.05, 0.1) is 0 Å². The van der Waals surface area contributed by atoms with E-state index in [2.05, 4.69) is 18.7 Å². The quantitative estimate of drug-likeness (QED) is 0.726. The number of hydrogen-bond acceptors (Lipinski definition) is 3. The number of hydrogen-bond donors (Lipinski definition) is 0. The largest absolute Gasteiger partial charge is 0.456 e. The molecule has 2 atom stereocenters. The molecular formula is C15H23NO2. The van der Waals surface area contributed by atoms with Gasteiger partial charge in [-0.05, 0) is 26.1 Å². The molecule has 0 N–H and O–H groups in total. The van der Waals surface area contributed by atoms with Crippen LogP contribution in [0.2, 0.25) is 0 Å². The molecule has 18 heavy (non-hydrogen) atoms. The minimum Gasteiger partial charge on any atom is -0.456 e. The highest BCUT2D eigenvalue weighted by molar-refractivity contribution is 5.69. The Bertz CT molecular complexity index is 364. The number of likely N-dealkylation sites (N-methyl/N-ethyl adjacent to an activating group) is 1. The molecule has 0 bridgehead atoms. The van der Waals surface area contributed by atoms with Crippen LogP contribution in [0.3, 0.4) is 0 Å². The van der Waals surface area contributed by atoms with E-state index in [9.17, 15) is 4.79 Å². The fourth-order valence-corrected chi connectivity index (χ4v) is 1.83. The monoisotopic (exact) mass is 249 g/mol. The standard InChI is InChI=1S/C15H23NO2/c1-5-14(17)18-15(12(3)16(4)6-2)13-10-8-7-9-11-13/h7-12,15H,5-6H2,1-4H3. The van der Waals surface area contributed by atoms with Gasteiger partial charge in [0, 0.05) is 12.5 Å². The molecule has 1 rings (SSSR count). The van der Waals surface area contributed by atoms with Crippen molar-refractivity contribution in [3.05, 3.63) is 35.9 Å². The van der Waals surface area contributed by atoms with Crippen LogP contribution in [0.5, 0.6) is 0 Å². The van der Waals surface area contributed by atoms with Crippen LogP contribution in [0.15, 0.2) is 30.3 Å². The number of esters is 1. The molecule has 0 aliphatic rings. The van der Waals surface area contributed by atoms with Crippen LogP contribution in [-0.4, -0.2) is 30.5 Å².